The van der Waals surface area contributed by atoms with Gasteiger partial charge >= 0.3 is 0 Å². The number of hydrogen-bond donors (Lipinski definition) is 1. The molecule has 1 atom stereocenters. The molecule has 0 amide bonds. The summed E-state index contributed by atoms with van der Waals surface area (Å²) < 4.78 is 1.30. The van der Waals surface area contributed by atoms with Crippen LogP contribution in [0.5, 0.6) is 0 Å². The van der Waals surface area contributed by atoms with Gasteiger partial charge in [0, 0.05) is 9.61 Å². The van der Waals surface area contributed by atoms with Crippen LogP contribution >= 0.6 is 22.6 Å². The van der Waals surface area contributed by atoms with Crippen molar-refractivity contribution >= 4 is 22.6 Å². The van der Waals surface area contributed by atoms with Crippen molar-refractivity contribution in [2.24, 2.45) is 0 Å². The van der Waals surface area contributed by atoms with Crippen LogP contribution in [0.2, 0.25) is 0 Å². The molecule has 0 aromatic heterocycles. The number of nitrogens with one attached hydrogen (secondary N) is 1. The molecule has 0 aliphatic heterocycles. The number of benzene rings is 2. The number of halogens is 1. The molecule has 20 heavy (non-hydrogen) atoms. The van der Waals surface area contributed by atoms with E-state index in [4.69, 9.17) is 0 Å². The van der Waals surface area contributed by atoms with Gasteiger partial charge in [0.15, 0.2) is 0 Å². The Morgan fingerprint density at radius 2 is 1.90 bits per heavy atom. The standard InChI is InChI=1S/C18H22IN/c1-3-10-20-18(16-8-5-9-17(19)13-16)12-15-7-4-6-14(2)11-15/h4-9,11,13,18,20H,3,10,12H2,1-2H3. The molecule has 0 radical (unpaired) electrons. The van der Waals surface area contributed by atoms with Crippen LogP contribution in [-0.2, 0) is 6.42 Å². The van der Waals surface area contributed by atoms with E-state index >= 15 is 0 Å². The zero-order valence-electron chi connectivity index (χ0n) is 12.2. The molecule has 1 N–H and O–H groups in total. The highest BCUT2D eigenvalue weighted by molar-refractivity contribution is 14.1. The topological polar surface area (TPSA) is 12.0 Å². The third-order valence-electron chi connectivity index (χ3n) is 3.41. The summed E-state index contributed by atoms with van der Waals surface area (Å²) >= 11 is 2.39. The number of rotatable bonds is 6. The molecule has 0 bridgehead atoms. The van der Waals surface area contributed by atoms with Gasteiger partial charge in [0.2, 0.25) is 0 Å². The molecule has 0 spiro atoms. The van der Waals surface area contributed by atoms with Crippen molar-refractivity contribution in [1.29, 1.82) is 0 Å². The number of aryl methyl sites for hydroxylation is 1. The first-order chi connectivity index (χ1) is 9.69. The van der Waals surface area contributed by atoms with Crippen LogP contribution in [0.3, 0.4) is 0 Å². The largest absolute Gasteiger partial charge is 0.310 e. The highest BCUT2D eigenvalue weighted by atomic mass is 127. The Morgan fingerprint density at radius 1 is 1.10 bits per heavy atom. The van der Waals surface area contributed by atoms with Crippen LogP contribution in [-0.4, -0.2) is 6.54 Å². The first-order valence-corrected chi connectivity index (χ1v) is 8.31. The van der Waals surface area contributed by atoms with Gasteiger partial charge in [0.25, 0.3) is 0 Å². The molecule has 106 valence electrons. The van der Waals surface area contributed by atoms with Gasteiger partial charge in [-0.05, 0) is 72.2 Å². The molecule has 2 heteroatoms. The lowest BCUT2D eigenvalue weighted by atomic mass is 9.98. The number of hydrogen-bond acceptors (Lipinski definition) is 1. The van der Waals surface area contributed by atoms with Crippen LogP contribution < -0.4 is 5.32 Å². The van der Waals surface area contributed by atoms with E-state index in [1.807, 2.05) is 0 Å². The minimum Gasteiger partial charge on any atom is -0.310 e. The van der Waals surface area contributed by atoms with E-state index in [0.29, 0.717) is 6.04 Å². The lowest BCUT2D eigenvalue weighted by Crippen LogP contribution is -2.24. The molecule has 0 fully saturated rings. The summed E-state index contributed by atoms with van der Waals surface area (Å²) in [6.07, 6.45) is 2.20. The van der Waals surface area contributed by atoms with Crippen LogP contribution in [0, 0.1) is 10.5 Å². The van der Waals surface area contributed by atoms with Gasteiger partial charge in [-0.15, -0.1) is 0 Å². The quantitative estimate of drug-likeness (QED) is 0.706. The molecule has 0 heterocycles. The SMILES string of the molecule is CCCNC(Cc1cccc(C)c1)c1cccc(I)c1. The average molecular weight is 379 g/mol. The van der Waals surface area contributed by atoms with Crippen molar-refractivity contribution in [3.8, 4) is 0 Å². The minimum atomic E-state index is 0.395. The fourth-order valence-electron chi connectivity index (χ4n) is 2.42. The second kappa shape index (κ2) is 7.79. The van der Waals surface area contributed by atoms with E-state index in [9.17, 15) is 0 Å². The Bertz CT molecular complexity index is 551. The first-order valence-electron chi connectivity index (χ1n) is 7.23. The molecule has 0 aliphatic carbocycles. The van der Waals surface area contributed by atoms with Gasteiger partial charge in [-0.2, -0.15) is 0 Å². The molecule has 2 rings (SSSR count). The molecule has 2 aromatic rings. The van der Waals surface area contributed by atoms with Crippen LogP contribution in [0.1, 0.15) is 36.1 Å². The van der Waals surface area contributed by atoms with Crippen LogP contribution in [0.25, 0.3) is 0 Å². The molecular formula is C18H22IN. The molecule has 0 saturated heterocycles. The summed E-state index contributed by atoms with van der Waals surface area (Å²) in [7, 11) is 0. The van der Waals surface area contributed by atoms with Crippen LogP contribution in [0.15, 0.2) is 48.5 Å². The van der Waals surface area contributed by atoms with E-state index < -0.39 is 0 Å². The zero-order valence-corrected chi connectivity index (χ0v) is 14.4. The van der Waals surface area contributed by atoms with Crippen molar-refractivity contribution in [3.63, 3.8) is 0 Å². The maximum atomic E-state index is 3.68. The molecular weight excluding hydrogens is 357 g/mol. The third-order valence-corrected chi connectivity index (χ3v) is 4.09. The van der Waals surface area contributed by atoms with Gasteiger partial charge in [0.05, 0.1) is 0 Å². The van der Waals surface area contributed by atoms with Gasteiger partial charge in [-0.1, -0.05) is 48.9 Å². The van der Waals surface area contributed by atoms with Crippen molar-refractivity contribution in [3.05, 3.63) is 68.8 Å². The van der Waals surface area contributed by atoms with E-state index in [1.165, 1.54) is 20.3 Å². The molecule has 2 aromatic carbocycles. The van der Waals surface area contributed by atoms with E-state index in [-0.39, 0.29) is 0 Å². The molecule has 1 nitrogen and oxygen atoms in total. The Kier molecular flexibility index (Phi) is 6.05. The van der Waals surface area contributed by atoms with Gasteiger partial charge in [-0.25, -0.2) is 0 Å². The van der Waals surface area contributed by atoms with Crippen molar-refractivity contribution in [1.82, 2.24) is 5.32 Å². The second-order valence-corrected chi connectivity index (χ2v) is 6.50. The monoisotopic (exact) mass is 379 g/mol. The molecule has 0 aliphatic rings. The fraction of sp³-hybridized carbons (Fsp3) is 0.333. The Labute approximate surface area is 135 Å². The Morgan fingerprint density at radius 3 is 2.60 bits per heavy atom. The van der Waals surface area contributed by atoms with Crippen LogP contribution in [0.4, 0.5) is 0 Å². The maximum absolute atomic E-state index is 3.68. The maximum Gasteiger partial charge on any atom is 0.0361 e. The van der Waals surface area contributed by atoms with E-state index in [1.54, 1.807) is 0 Å². The normalized spacial score (nSPS) is 12.3. The highest BCUT2D eigenvalue weighted by Crippen LogP contribution is 2.21. The van der Waals surface area contributed by atoms with Gasteiger partial charge < -0.3 is 5.32 Å². The minimum absolute atomic E-state index is 0.395. The Hall–Kier alpha value is -0.870. The van der Waals surface area contributed by atoms with Crippen molar-refractivity contribution < 1.29 is 0 Å². The molecule has 0 saturated carbocycles. The molecule has 1 unspecified atom stereocenters. The van der Waals surface area contributed by atoms with E-state index in [0.717, 1.165) is 19.4 Å². The average Bonchev–Trinajstić information content (AvgIpc) is 2.43. The zero-order chi connectivity index (χ0) is 14.4. The van der Waals surface area contributed by atoms with Gasteiger partial charge in [-0.3, -0.25) is 0 Å². The summed E-state index contributed by atoms with van der Waals surface area (Å²) in [5.74, 6) is 0. The summed E-state index contributed by atoms with van der Waals surface area (Å²) in [5, 5.41) is 3.68. The summed E-state index contributed by atoms with van der Waals surface area (Å²) in [4.78, 5) is 0. The summed E-state index contributed by atoms with van der Waals surface area (Å²) in [5.41, 5.74) is 4.11. The summed E-state index contributed by atoms with van der Waals surface area (Å²) in [6.45, 7) is 5.43. The lowest BCUT2D eigenvalue weighted by Gasteiger charge is -2.20. The van der Waals surface area contributed by atoms with Gasteiger partial charge in [0.1, 0.15) is 0 Å². The third kappa shape index (κ3) is 4.60. The fourth-order valence-corrected chi connectivity index (χ4v) is 2.99. The Balaban J connectivity index is 2.19. The predicted octanol–water partition coefficient (Wildman–Crippen LogP) is 4.88. The highest BCUT2D eigenvalue weighted by Gasteiger charge is 2.11. The van der Waals surface area contributed by atoms with E-state index in [2.05, 4.69) is 90.3 Å². The lowest BCUT2D eigenvalue weighted by molar-refractivity contribution is 0.529. The van der Waals surface area contributed by atoms with Crippen molar-refractivity contribution in [2.75, 3.05) is 6.54 Å². The van der Waals surface area contributed by atoms with Crippen molar-refractivity contribution in [2.45, 2.75) is 32.7 Å². The smallest absolute Gasteiger partial charge is 0.0361 e. The first kappa shape index (κ1) is 15.5. The second-order valence-electron chi connectivity index (χ2n) is 5.25. The summed E-state index contributed by atoms with van der Waals surface area (Å²) in [6, 6.07) is 18.0. The predicted molar refractivity (Wildman–Crippen MR) is 95.1 cm³/mol.